The first-order valence-electron chi connectivity index (χ1n) is 10.8. The molecule has 0 amide bonds. The maximum Gasteiger partial charge on any atom is 0.302 e. The van der Waals surface area contributed by atoms with Crippen LogP contribution in [-0.4, -0.2) is 28.8 Å². The van der Waals surface area contributed by atoms with Crippen molar-refractivity contribution in [1.29, 1.82) is 0 Å². The van der Waals surface area contributed by atoms with E-state index in [4.69, 9.17) is 4.74 Å². The van der Waals surface area contributed by atoms with Gasteiger partial charge in [-0.05, 0) is 74.2 Å². The molecule has 4 rings (SSSR count). The van der Waals surface area contributed by atoms with E-state index in [2.05, 4.69) is 25.1 Å². The Morgan fingerprint density at radius 2 is 2.00 bits per heavy atom. The zero-order chi connectivity index (χ0) is 20.3. The minimum absolute atomic E-state index is 0.0132. The molecular weight excluding hydrogens is 354 g/mol. The van der Waals surface area contributed by atoms with Crippen molar-refractivity contribution in [3.8, 4) is 0 Å². The van der Waals surface area contributed by atoms with Crippen molar-refractivity contribution in [1.82, 2.24) is 0 Å². The molecule has 3 fully saturated rings. The minimum atomic E-state index is -0.202. The molecule has 0 aromatic heterocycles. The quantitative estimate of drug-likeness (QED) is 0.327. The fraction of sp³-hybridized carbons (Fsp3) is 0.783. The number of ether oxygens (including phenoxy) is 1. The first-order chi connectivity index (χ1) is 13.2. The Bertz CT molecular complexity index is 756. The van der Waals surface area contributed by atoms with Crippen LogP contribution in [0.3, 0.4) is 0 Å². The second kappa shape index (κ2) is 6.70. The zero-order valence-electron chi connectivity index (χ0n) is 17.5. The molecule has 0 aromatic rings. The van der Waals surface area contributed by atoms with Gasteiger partial charge in [-0.25, -0.2) is 0 Å². The van der Waals surface area contributed by atoms with E-state index in [1.54, 1.807) is 0 Å². The van der Waals surface area contributed by atoms with Gasteiger partial charge in [-0.15, -0.1) is 0 Å². The molecule has 0 spiro atoms. The highest BCUT2D eigenvalue weighted by molar-refractivity contribution is 6.01. The number of oxime groups is 1. The summed E-state index contributed by atoms with van der Waals surface area (Å²) in [7, 11) is 0. The van der Waals surface area contributed by atoms with Crippen LogP contribution in [-0.2, 0) is 14.3 Å². The third-order valence-corrected chi connectivity index (χ3v) is 8.76. The highest BCUT2D eigenvalue weighted by Gasteiger charge is 2.62. The van der Waals surface area contributed by atoms with Gasteiger partial charge in [0.25, 0.3) is 0 Å². The van der Waals surface area contributed by atoms with Gasteiger partial charge in [-0.2, -0.15) is 0 Å². The number of ketones is 1. The van der Waals surface area contributed by atoms with E-state index in [0.29, 0.717) is 35.7 Å². The number of esters is 1. The fourth-order valence-corrected chi connectivity index (χ4v) is 7.57. The van der Waals surface area contributed by atoms with Crippen molar-refractivity contribution in [2.45, 2.75) is 78.7 Å². The summed E-state index contributed by atoms with van der Waals surface area (Å²) in [6.07, 6.45) is 8.65. The van der Waals surface area contributed by atoms with E-state index in [0.717, 1.165) is 44.1 Å². The topological polar surface area (TPSA) is 76.0 Å². The SMILES string of the molecule is CC(=O)OC1CCC2(C)C(CCC3C4CC=C(C(C)=NO)C4(C)CC(=O)C32)C1. The van der Waals surface area contributed by atoms with E-state index in [-0.39, 0.29) is 28.8 Å². The molecular formula is C23H33NO4. The second-order valence-electron chi connectivity index (χ2n) is 10.1. The number of rotatable bonds is 2. The molecule has 4 aliphatic carbocycles. The highest BCUT2D eigenvalue weighted by Crippen LogP contribution is 2.65. The van der Waals surface area contributed by atoms with Crippen molar-refractivity contribution in [2.24, 2.45) is 39.7 Å². The number of allylic oxidation sites excluding steroid dienone is 2. The Hall–Kier alpha value is -1.65. The van der Waals surface area contributed by atoms with E-state index in [9.17, 15) is 14.8 Å². The molecule has 7 atom stereocenters. The minimum Gasteiger partial charge on any atom is -0.463 e. The van der Waals surface area contributed by atoms with Crippen molar-refractivity contribution in [2.75, 3.05) is 0 Å². The number of Topliss-reactive ketones (excluding diaryl/α,β-unsaturated/α-hetero) is 1. The molecule has 0 aromatic carbocycles. The maximum absolute atomic E-state index is 13.5. The molecule has 0 radical (unpaired) electrons. The van der Waals surface area contributed by atoms with Crippen molar-refractivity contribution < 1.29 is 19.5 Å². The second-order valence-corrected chi connectivity index (χ2v) is 10.1. The van der Waals surface area contributed by atoms with Crippen LogP contribution in [0.5, 0.6) is 0 Å². The average Bonchev–Trinajstić information content (AvgIpc) is 2.97. The van der Waals surface area contributed by atoms with Crippen LogP contribution in [0.2, 0.25) is 0 Å². The van der Waals surface area contributed by atoms with Crippen LogP contribution in [0, 0.1) is 34.5 Å². The predicted octanol–water partition coefficient (Wildman–Crippen LogP) is 4.53. The van der Waals surface area contributed by atoms with Gasteiger partial charge in [-0.3, -0.25) is 9.59 Å². The summed E-state index contributed by atoms with van der Waals surface area (Å²) in [6.45, 7) is 7.84. The van der Waals surface area contributed by atoms with Gasteiger partial charge in [0.15, 0.2) is 0 Å². The number of carbonyl (C=O) groups excluding carboxylic acids is 2. The number of hydrogen-bond donors (Lipinski definition) is 1. The predicted molar refractivity (Wildman–Crippen MR) is 106 cm³/mol. The van der Waals surface area contributed by atoms with Crippen LogP contribution in [0.1, 0.15) is 72.6 Å². The molecule has 0 bridgehead atoms. The molecule has 4 aliphatic rings. The summed E-state index contributed by atoms with van der Waals surface area (Å²) in [5.41, 5.74) is 1.53. The number of carbonyl (C=O) groups is 2. The highest BCUT2D eigenvalue weighted by atomic mass is 16.5. The van der Waals surface area contributed by atoms with Gasteiger partial charge in [0, 0.05) is 24.7 Å². The van der Waals surface area contributed by atoms with Crippen molar-refractivity contribution in [3.63, 3.8) is 0 Å². The van der Waals surface area contributed by atoms with Gasteiger partial charge in [0.2, 0.25) is 0 Å². The molecule has 0 heterocycles. The first kappa shape index (κ1) is 19.7. The maximum atomic E-state index is 13.5. The van der Waals surface area contributed by atoms with Gasteiger partial charge in [0.05, 0.1) is 5.71 Å². The third kappa shape index (κ3) is 2.76. The monoisotopic (exact) mass is 387 g/mol. The molecule has 1 N–H and O–H groups in total. The molecule has 7 unspecified atom stereocenters. The lowest BCUT2D eigenvalue weighted by Gasteiger charge is -2.59. The van der Waals surface area contributed by atoms with Crippen LogP contribution in [0.15, 0.2) is 16.8 Å². The normalized spacial score (nSPS) is 45.6. The Morgan fingerprint density at radius 3 is 2.68 bits per heavy atom. The van der Waals surface area contributed by atoms with Gasteiger partial charge in [0.1, 0.15) is 11.9 Å². The van der Waals surface area contributed by atoms with Gasteiger partial charge >= 0.3 is 5.97 Å². The van der Waals surface area contributed by atoms with E-state index < -0.39 is 0 Å². The number of hydrogen-bond acceptors (Lipinski definition) is 5. The molecule has 0 aliphatic heterocycles. The molecule has 0 saturated heterocycles. The van der Waals surface area contributed by atoms with Crippen LogP contribution >= 0.6 is 0 Å². The zero-order valence-corrected chi connectivity index (χ0v) is 17.5. The molecule has 154 valence electrons. The van der Waals surface area contributed by atoms with Crippen molar-refractivity contribution >= 4 is 17.5 Å². The van der Waals surface area contributed by atoms with Crippen LogP contribution in [0.4, 0.5) is 0 Å². The summed E-state index contributed by atoms with van der Waals surface area (Å²) in [6, 6.07) is 0. The van der Waals surface area contributed by atoms with E-state index in [1.807, 2.05) is 6.92 Å². The van der Waals surface area contributed by atoms with E-state index >= 15 is 0 Å². The van der Waals surface area contributed by atoms with Crippen LogP contribution < -0.4 is 0 Å². The number of nitrogens with zero attached hydrogens (tertiary/aromatic N) is 1. The first-order valence-corrected chi connectivity index (χ1v) is 10.8. The third-order valence-electron chi connectivity index (χ3n) is 8.76. The smallest absolute Gasteiger partial charge is 0.302 e. The number of fused-ring (bicyclic) bond motifs is 5. The Morgan fingerprint density at radius 1 is 1.25 bits per heavy atom. The van der Waals surface area contributed by atoms with Crippen molar-refractivity contribution in [3.05, 3.63) is 11.6 Å². The summed E-state index contributed by atoms with van der Waals surface area (Å²) in [5, 5.41) is 12.7. The van der Waals surface area contributed by atoms with Gasteiger partial charge < -0.3 is 9.94 Å². The average molecular weight is 388 g/mol. The lowest BCUT2D eigenvalue weighted by atomic mass is 9.44. The van der Waals surface area contributed by atoms with E-state index in [1.165, 1.54) is 6.92 Å². The Kier molecular flexibility index (Phi) is 4.71. The standard InChI is InChI=1S/C23H33NO4/c1-13(24-27)18-7-8-19-17-6-5-15-11-16(28-14(2)25)9-10-22(15,3)21(17)20(26)12-23(18,19)4/h7,15-17,19,21,27H,5-6,8-12H2,1-4H3. The summed E-state index contributed by atoms with van der Waals surface area (Å²) < 4.78 is 5.52. The Labute approximate surface area is 167 Å². The summed E-state index contributed by atoms with van der Waals surface area (Å²) in [5.74, 6) is 1.61. The Balaban J connectivity index is 1.60. The lowest BCUT2D eigenvalue weighted by Crippen LogP contribution is -2.57. The van der Waals surface area contributed by atoms with Gasteiger partial charge in [-0.1, -0.05) is 25.1 Å². The molecule has 5 heteroatoms. The summed E-state index contributed by atoms with van der Waals surface area (Å²) in [4.78, 5) is 24.9. The largest absolute Gasteiger partial charge is 0.463 e. The summed E-state index contributed by atoms with van der Waals surface area (Å²) >= 11 is 0. The fourth-order valence-electron chi connectivity index (χ4n) is 7.57. The lowest BCUT2D eigenvalue weighted by molar-refractivity contribution is -0.166. The van der Waals surface area contributed by atoms with Crippen LogP contribution in [0.25, 0.3) is 0 Å². The molecule has 3 saturated carbocycles. The molecule has 28 heavy (non-hydrogen) atoms. The molecule has 5 nitrogen and oxygen atoms in total.